The Balaban J connectivity index is 2.02. The van der Waals surface area contributed by atoms with E-state index >= 15 is 0 Å². The Labute approximate surface area is 160 Å². The molecule has 2 heterocycles. The van der Waals surface area contributed by atoms with Crippen LogP contribution in [0.5, 0.6) is 0 Å². The molecule has 28 heavy (non-hydrogen) atoms. The van der Waals surface area contributed by atoms with Gasteiger partial charge in [-0.1, -0.05) is 6.92 Å². The fourth-order valence-electron chi connectivity index (χ4n) is 2.77. The second-order valence-electron chi connectivity index (χ2n) is 6.49. The van der Waals surface area contributed by atoms with E-state index < -0.39 is 23.6 Å². The van der Waals surface area contributed by atoms with Crippen LogP contribution in [-0.2, 0) is 6.54 Å². The average Bonchev–Trinajstić information content (AvgIpc) is 3.03. The molecule has 1 atom stereocenters. The van der Waals surface area contributed by atoms with Crippen LogP contribution < -0.4 is 5.32 Å². The number of aromatic nitrogens is 4. The molecule has 1 unspecified atom stereocenters. The monoisotopic (exact) mass is 391 g/mol. The Morgan fingerprint density at radius 3 is 2.39 bits per heavy atom. The first kappa shape index (κ1) is 19.8. The van der Waals surface area contributed by atoms with Gasteiger partial charge in [-0.2, -0.15) is 4.98 Å². The number of benzene rings is 1. The van der Waals surface area contributed by atoms with Gasteiger partial charge < -0.3 is 10.4 Å². The van der Waals surface area contributed by atoms with E-state index in [1.807, 2.05) is 32.9 Å². The minimum Gasteiger partial charge on any atom is -0.391 e. The number of aliphatic hydroxyl groups is 1. The molecule has 6 nitrogen and oxygen atoms in total. The molecular formula is C19H20F3N5O. The summed E-state index contributed by atoms with van der Waals surface area (Å²) in [5.74, 6) is -3.79. The molecule has 0 spiro atoms. The van der Waals surface area contributed by atoms with Crippen molar-refractivity contribution in [1.29, 1.82) is 0 Å². The number of nitrogens with one attached hydrogen (secondary N) is 1. The summed E-state index contributed by atoms with van der Waals surface area (Å²) in [7, 11) is 0. The Morgan fingerprint density at radius 2 is 1.75 bits per heavy atom. The van der Waals surface area contributed by atoms with Gasteiger partial charge in [-0.05, 0) is 44.5 Å². The Bertz CT molecular complexity index is 985. The zero-order valence-corrected chi connectivity index (χ0v) is 15.7. The maximum atomic E-state index is 14.0. The molecule has 0 aliphatic rings. The van der Waals surface area contributed by atoms with Gasteiger partial charge in [0.2, 0.25) is 5.95 Å². The summed E-state index contributed by atoms with van der Waals surface area (Å²) in [5.41, 5.74) is 1.99. The third-order valence-electron chi connectivity index (χ3n) is 4.15. The Kier molecular flexibility index (Phi) is 5.64. The molecule has 148 valence electrons. The maximum Gasteiger partial charge on any atom is 0.247 e. The minimum absolute atomic E-state index is 0.00432. The molecule has 0 bridgehead atoms. The first-order valence-electron chi connectivity index (χ1n) is 8.77. The van der Waals surface area contributed by atoms with Gasteiger partial charge in [0, 0.05) is 17.0 Å². The third-order valence-corrected chi connectivity index (χ3v) is 4.15. The van der Waals surface area contributed by atoms with Crippen LogP contribution in [0.15, 0.2) is 24.3 Å². The maximum absolute atomic E-state index is 14.0. The fourth-order valence-corrected chi connectivity index (χ4v) is 2.77. The smallest absolute Gasteiger partial charge is 0.247 e. The van der Waals surface area contributed by atoms with Crippen LogP contribution in [0.3, 0.4) is 0 Å². The van der Waals surface area contributed by atoms with Crippen LogP contribution in [0.2, 0.25) is 0 Å². The number of hydrogen-bond donors (Lipinski definition) is 2. The van der Waals surface area contributed by atoms with Crippen LogP contribution in [-0.4, -0.2) is 31.0 Å². The van der Waals surface area contributed by atoms with Crippen LogP contribution in [0.25, 0.3) is 11.4 Å². The molecule has 2 N–H and O–H groups in total. The van der Waals surface area contributed by atoms with E-state index in [0.29, 0.717) is 12.2 Å². The van der Waals surface area contributed by atoms with E-state index in [9.17, 15) is 18.3 Å². The molecule has 0 aliphatic carbocycles. The second-order valence-corrected chi connectivity index (χ2v) is 6.49. The molecule has 9 heteroatoms. The van der Waals surface area contributed by atoms with Crippen LogP contribution in [0.1, 0.15) is 24.7 Å². The number of rotatable bonds is 6. The molecule has 3 rings (SSSR count). The van der Waals surface area contributed by atoms with Crippen molar-refractivity contribution in [2.24, 2.45) is 0 Å². The van der Waals surface area contributed by atoms with Crippen LogP contribution in [0.4, 0.5) is 24.8 Å². The lowest BCUT2D eigenvalue weighted by Gasteiger charge is -2.10. The molecule has 1 aromatic carbocycles. The molecule has 0 fully saturated rings. The second kappa shape index (κ2) is 7.97. The van der Waals surface area contributed by atoms with E-state index in [4.69, 9.17) is 0 Å². The third kappa shape index (κ3) is 4.14. The van der Waals surface area contributed by atoms with E-state index in [1.165, 1.54) is 4.68 Å². The van der Waals surface area contributed by atoms with Gasteiger partial charge in [0.1, 0.15) is 0 Å². The van der Waals surface area contributed by atoms with Gasteiger partial charge in [-0.25, -0.2) is 17.9 Å². The summed E-state index contributed by atoms with van der Waals surface area (Å²) < 4.78 is 42.1. The molecule has 0 aliphatic heterocycles. The van der Waals surface area contributed by atoms with Gasteiger partial charge in [-0.15, -0.1) is 5.10 Å². The van der Waals surface area contributed by atoms with E-state index in [-0.39, 0.29) is 18.2 Å². The lowest BCUT2D eigenvalue weighted by Crippen LogP contribution is -2.17. The zero-order chi connectivity index (χ0) is 20.4. The first-order chi connectivity index (χ1) is 13.3. The quantitative estimate of drug-likeness (QED) is 0.624. The number of hydrogen-bond acceptors (Lipinski definition) is 5. The topological polar surface area (TPSA) is 75.9 Å². The fraction of sp³-hybridized carbons (Fsp3) is 0.316. The molecule has 0 radical (unpaired) electrons. The summed E-state index contributed by atoms with van der Waals surface area (Å²) in [6, 6.07) is 5.51. The SMILES string of the molecule is CCC(O)Cn1nc(Nc2ccc(F)c(F)c2F)nc1-c1cc(C)nc(C)c1. The average molecular weight is 391 g/mol. The van der Waals surface area contributed by atoms with Crippen molar-refractivity contribution in [3.05, 3.63) is 53.1 Å². The molecule has 0 amide bonds. The van der Waals surface area contributed by atoms with E-state index in [2.05, 4.69) is 20.4 Å². The number of aliphatic hydroxyl groups excluding tert-OH is 1. The van der Waals surface area contributed by atoms with Gasteiger partial charge in [0.05, 0.1) is 18.3 Å². The molecule has 0 saturated carbocycles. The first-order valence-corrected chi connectivity index (χ1v) is 8.77. The largest absolute Gasteiger partial charge is 0.391 e. The van der Waals surface area contributed by atoms with Gasteiger partial charge in [0.15, 0.2) is 23.3 Å². The number of anilines is 2. The Morgan fingerprint density at radius 1 is 1.07 bits per heavy atom. The van der Waals surface area contributed by atoms with Gasteiger partial charge >= 0.3 is 0 Å². The van der Waals surface area contributed by atoms with E-state index in [0.717, 1.165) is 29.1 Å². The van der Waals surface area contributed by atoms with Crippen molar-refractivity contribution < 1.29 is 18.3 Å². The summed E-state index contributed by atoms with van der Waals surface area (Å²) in [6.45, 7) is 5.68. The summed E-state index contributed by atoms with van der Waals surface area (Å²) in [4.78, 5) is 8.68. The predicted octanol–water partition coefficient (Wildman–Crippen LogP) is 3.89. The highest BCUT2D eigenvalue weighted by atomic mass is 19.2. The predicted molar refractivity (Wildman–Crippen MR) is 98.6 cm³/mol. The van der Waals surface area contributed by atoms with Crippen molar-refractivity contribution in [2.75, 3.05) is 5.32 Å². The lowest BCUT2D eigenvalue weighted by molar-refractivity contribution is 0.146. The van der Waals surface area contributed by atoms with Crippen molar-refractivity contribution in [1.82, 2.24) is 19.7 Å². The van der Waals surface area contributed by atoms with E-state index in [1.54, 1.807) is 0 Å². The number of nitrogens with zero attached hydrogens (tertiary/aromatic N) is 4. The van der Waals surface area contributed by atoms with Gasteiger partial charge in [0.25, 0.3) is 0 Å². The van der Waals surface area contributed by atoms with Crippen molar-refractivity contribution in [3.8, 4) is 11.4 Å². The molecule has 3 aromatic rings. The Hall–Kier alpha value is -2.94. The number of pyridine rings is 1. The molecular weight excluding hydrogens is 371 g/mol. The van der Waals surface area contributed by atoms with Crippen molar-refractivity contribution >= 4 is 11.6 Å². The zero-order valence-electron chi connectivity index (χ0n) is 15.7. The lowest BCUT2D eigenvalue weighted by atomic mass is 10.2. The molecule has 0 saturated heterocycles. The van der Waals surface area contributed by atoms with Crippen LogP contribution in [0, 0.1) is 31.3 Å². The molecule has 2 aromatic heterocycles. The van der Waals surface area contributed by atoms with Crippen molar-refractivity contribution in [2.45, 2.75) is 39.8 Å². The van der Waals surface area contributed by atoms with Crippen molar-refractivity contribution in [3.63, 3.8) is 0 Å². The summed E-state index contributed by atoms with van der Waals surface area (Å²) in [5, 5.41) is 16.9. The highest BCUT2D eigenvalue weighted by molar-refractivity contribution is 5.61. The standard InChI is InChI=1S/C19H20F3N5O/c1-4-13(28)9-27-18(12-7-10(2)23-11(3)8-12)25-19(26-27)24-15-6-5-14(20)16(21)17(15)22/h5-8,13,28H,4,9H2,1-3H3,(H,24,26). The minimum atomic E-state index is -1.58. The highest BCUT2D eigenvalue weighted by Gasteiger charge is 2.18. The normalized spacial score (nSPS) is 12.2. The van der Waals surface area contributed by atoms with Gasteiger partial charge in [-0.3, -0.25) is 4.98 Å². The number of aryl methyl sites for hydroxylation is 2. The number of halogens is 3. The van der Waals surface area contributed by atoms with Crippen LogP contribution >= 0.6 is 0 Å². The summed E-state index contributed by atoms with van der Waals surface area (Å²) in [6.07, 6.45) is -0.147. The highest BCUT2D eigenvalue weighted by Crippen LogP contribution is 2.25. The summed E-state index contributed by atoms with van der Waals surface area (Å²) >= 11 is 0.